The van der Waals surface area contributed by atoms with Gasteiger partial charge >= 0.3 is 0 Å². The molecule has 0 amide bonds. The minimum atomic E-state index is 0.592. The maximum Gasteiger partial charge on any atom is 0.237 e. The first kappa shape index (κ1) is 30.9. The molecule has 276 valence electrons. The standard InChI is InChI=1S/C54H29N5O/c1-2-15-32-28-44-39(27-31(32)14-1)48-45(29-38-34-17-5-9-21-40(34)57-41-22-10-7-19-36(41)49(48)51(38)57)58(44)53-52-50(37-20-8-12-24-46(37)60-52)55-54(56-53)59-42-23-11-6-18-35(42)47-33-16-4-3-13-30(33)25-26-43(47)59/h1-29H. The van der Waals surface area contributed by atoms with Crippen molar-refractivity contribution in [2.24, 2.45) is 0 Å². The molecule has 0 aliphatic rings. The second kappa shape index (κ2) is 10.8. The zero-order valence-corrected chi connectivity index (χ0v) is 31.9. The van der Waals surface area contributed by atoms with Crippen molar-refractivity contribution >= 4 is 125 Å². The van der Waals surface area contributed by atoms with Crippen LogP contribution in [0, 0.1) is 0 Å². The topological polar surface area (TPSA) is 53.2 Å². The van der Waals surface area contributed by atoms with Crippen LogP contribution in [0.15, 0.2) is 180 Å². The van der Waals surface area contributed by atoms with E-state index in [9.17, 15) is 0 Å². The summed E-state index contributed by atoms with van der Waals surface area (Å²) >= 11 is 0. The molecular formula is C54H29N5O. The van der Waals surface area contributed by atoms with Crippen LogP contribution in [0.3, 0.4) is 0 Å². The number of furan rings is 1. The molecule has 15 rings (SSSR count). The summed E-state index contributed by atoms with van der Waals surface area (Å²) in [7, 11) is 0. The van der Waals surface area contributed by atoms with Gasteiger partial charge in [0.15, 0.2) is 11.4 Å². The summed E-state index contributed by atoms with van der Waals surface area (Å²) in [6, 6.07) is 63.3. The highest BCUT2D eigenvalue weighted by Crippen LogP contribution is 2.48. The molecule has 0 atom stereocenters. The van der Waals surface area contributed by atoms with E-state index in [1.54, 1.807) is 0 Å². The summed E-state index contributed by atoms with van der Waals surface area (Å²) in [4.78, 5) is 11.2. The molecule has 6 aromatic heterocycles. The van der Waals surface area contributed by atoms with Gasteiger partial charge in [0.2, 0.25) is 5.95 Å². The third-order valence-corrected chi connectivity index (χ3v) is 13.1. The van der Waals surface area contributed by atoms with Crippen molar-refractivity contribution in [1.82, 2.24) is 23.5 Å². The molecule has 0 saturated carbocycles. The number of benzene rings is 9. The van der Waals surface area contributed by atoms with E-state index in [-0.39, 0.29) is 0 Å². The lowest BCUT2D eigenvalue weighted by atomic mass is 10.0. The van der Waals surface area contributed by atoms with Crippen LogP contribution in [0.4, 0.5) is 0 Å². The number of rotatable bonds is 2. The van der Waals surface area contributed by atoms with Crippen molar-refractivity contribution in [3.05, 3.63) is 176 Å². The van der Waals surface area contributed by atoms with E-state index in [1.807, 2.05) is 12.1 Å². The summed E-state index contributed by atoms with van der Waals surface area (Å²) in [5.41, 5.74) is 10.1. The number of hydrogen-bond donors (Lipinski definition) is 0. The predicted octanol–water partition coefficient (Wildman–Crippen LogP) is 14.0. The molecule has 15 aromatic rings. The van der Waals surface area contributed by atoms with Crippen LogP contribution in [-0.4, -0.2) is 23.5 Å². The van der Waals surface area contributed by atoms with Crippen molar-refractivity contribution in [2.45, 2.75) is 0 Å². The summed E-state index contributed by atoms with van der Waals surface area (Å²) in [5.74, 6) is 1.30. The monoisotopic (exact) mass is 763 g/mol. The van der Waals surface area contributed by atoms with Gasteiger partial charge in [0.05, 0.1) is 38.6 Å². The highest BCUT2D eigenvalue weighted by Gasteiger charge is 2.28. The summed E-state index contributed by atoms with van der Waals surface area (Å²) in [5, 5.41) is 15.3. The maximum atomic E-state index is 6.90. The molecule has 0 unspecified atom stereocenters. The molecule has 6 nitrogen and oxygen atoms in total. The average molecular weight is 764 g/mol. The smallest absolute Gasteiger partial charge is 0.237 e. The molecular weight excluding hydrogens is 735 g/mol. The van der Waals surface area contributed by atoms with Gasteiger partial charge in [-0.05, 0) is 76.1 Å². The average Bonchev–Trinajstić information content (AvgIpc) is 4.10. The third kappa shape index (κ3) is 3.71. The lowest BCUT2D eigenvalue weighted by molar-refractivity contribution is 0.661. The van der Waals surface area contributed by atoms with Crippen LogP contribution in [-0.2, 0) is 0 Å². The minimum Gasteiger partial charge on any atom is -0.450 e. The van der Waals surface area contributed by atoms with Crippen LogP contribution < -0.4 is 0 Å². The molecule has 6 heterocycles. The molecule has 0 N–H and O–H groups in total. The normalized spacial score (nSPS) is 12.7. The Bertz CT molecular complexity index is 4370. The van der Waals surface area contributed by atoms with Gasteiger partial charge in [0, 0.05) is 48.5 Å². The largest absolute Gasteiger partial charge is 0.450 e. The van der Waals surface area contributed by atoms with E-state index in [2.05, 4.69) is 177 Å². The first-order chi connectivity index (χ1) is 29.8. The highest BCUT2D eigenvalue weighted by molar-refractivity contribution is 6.36. The fraction of sp³-hybridized carbons (Fsp3) is 0. The number of nitrogens with zero attached hydrogens (tertiary/aromatic N) is 5. The zero-order chi connectivity index (χ0) is 38.8. The van der Waals surface area contributed by atoms with Crippen LogP contribution >= 0.6 is 0 Å². The van der Waals surface area contributed by atoms with Crippen LogP contribution in [0.2, 0.25) is 0 Å². The Morgan fingerprint density at radius 3 is 1.82 bits per heavy atom. The molecule has 0 saturated heterocycles. The zero-order valence-electron chi connectivity index (χ0n) is 31.9. The van der Waals surface area contributed by atoms with Crippen molar-refractivity contribution in [3.8, 4) is 11.8 Å². The highest BCUT2D eigenvalue weighted by atomic mass is 16.3. The van der Waals surface area contributed by atoms with Gasteiger partial charge in [-0.3, -0.25) is 9.13 Å². The van der Waals surface area contributed by atoms with E-state index in [1.165, 1.54) is 70.4 Å². The molecule has 0 aliphatic carbocycles. The van der Waals surface area contributed by atoms with Crippen molar-refractivity contribution < 1.29 is 4.42 Å². The Morgan fingerprint density at radius 1 is 0.367 bits per heavy atom. The quantitative estimate of drug-likeness (QED) is 0.176. The second-order valence-electron chi connectivity index (χ2n) is 16.1. The molecule has 60 heavy (non-hydrogen) atoms. The van der Waals surface area contributed by atoms with Gasteiger partial charge in [-0.2, -0.15) is 4.98 Å². The van der Waals surface area contributed by atoms with Crippen molar-refractivity contribution in [1.29, 1.82) is 0 Å². The van der Waals surface area contributed by atoms with E-state index >= 15 is 0 Å². The molecule has 0 aliphatic heterocycles. The lowest BCUT2D eigenvalue weighted by Gasteiger charge is -2.12. The number of aromatic nitrogens is 5. The molecule has 9 aromatic carbocycles. The van der Waals surface area contributed by atoms with E-state index in [4.69, 9.17) is 14.4 Å². The Labute approximate surface area is 339 Å². The first-order valence-corrected chi connectivity index (χ1v) is 20.4. The molecule has 0 bridgehead atoms. The number of para-hydroxylation sites is 4. The first-order valence-electron chi connectivity index (χ1n) is 20.4. The Morgan fingerprint density at radius 2 is 1.00 bits per heavy atom. The number of hydrogen-bond acceptors (Lipinski definition) is 3. The number of fused-ring (bicyclic) bond motifs is 19. The van der Waals surface area contributed by atoms with Gasteiger partial charge in [-0.15, -0.1) is 0 Å². The van der Waals surface area contributed by atoms with E-state index < -0.39 is 0 Å². The van der Waals surface area contributed by atoms with Gasteiger partial charge in [-0.25, -0.2) is 4.98 Å². The fourth-order valence-corrected chi connectivity index (χ4v) is 10.7. The summed E-state index contributed by atoms with van der Waals surface area (Å²) in [6.45, 7) is 0. The Hall–Kier alpha value is -8.22. The Kier molecular flexibility index (Phi) is 5.57. The van der Waals surface area contributed by atoms with Gasteiger partial charge < -0.3 is 8.82 Å². The third-order valence-electron chi connectivity index (χ3n) is 13.1. The molecule has 0 fully saturated rings. The summed E-state index contributed by atoms with van der Waals surface area (Å²) < 4.78 is 14.0. The SMILES string of the molecule is c1ccc2cc3c(cc2c1)c1c2c4ccccc4n4c5ccccc5c(cc1n3-c1nc(-n3c5ccccc5c5c6ccccc6ccc53)nc3c1oc1ccccc13)c24. The fourth-order valence-electron chi connectivity index (χ4n) is 10.7. The maximum absolute atomic E-state index is 6.90. The molecule has 0 spiro atoms. The van der Waals surface area contributed by atoms with Crippen molar-refractivity contribution in [2.75, 3.05) is 0 Å². The second-order valence-corrected chi connectivity index (χ2v) is 16.1. The predicted molar refractivity (Wildman–Crippen MR) is 248 cm³/mol. The Balaban J connectivity index is 1.18. The van der Waals surface area contributed by atoms with Gasteiger partial charge in [-0.1, -0.05) is 121 Å². The lowest BCUT2D eigenvalue weighted by Crippen LogP contribution is -2.06. The van der Waals surface area contributed by atoms with Crippen molar-refractivity contribution in [3.63, 3.8) is 0 Å². The van der Waals surface area contributed by atoms with Crippen LogP contribution in [0.25, 0.3) is 137 Å². The molecule has 0 radical (unpaired) electrons. The molecule has 6 heteroatoms. The van der Waals surface area contributed by atoms with Crippen LogP contribution in [0.5, 0.6) is 0 Å². The van der Waals surface area contributed by atoms with E-state index in [0.717, 1.165) is 49.3 Å². The van der Waals surface area contributed by atoms with E-state index in [0.29, 0.717) is 17.3 Å². The van der Waals surface area contributed by atoms with Crippen LogP contribution in [0.1, 0.15) is 0 Å². The van der Waals surface area contributed by atoms with Gasteiger partial charge in [0.25, 0.3) is 0 Å². The summed E-state index contributed by atoms with van der Waals surface area (Å²) in [6.07, 6.45) is 0. The van der Waals surface area contributed by atoms with Gasteiger partial charge in [0.1, 0.15) is 11.1 Å². The minimum absolute atomic E-state index is 0.592.